The average Bonchev–Trinajstić information content (AvgIpc) is 2.90. The molecule has 0 aliphatic carbocycles. The van der Waals surface area contributed by atoms with E-state index in [9.17, 15) is 14.4 Å². The van der Waals surface area contributed by atoms with E-state index in [0.29, 0.717) is 47.8 Å². The second kappa shape index (κ2) is 14.6. The van der Waals surface area contributed by atoms with Crippen LogP contribution < -0.4 is 14.2 Å². The third-order valence-corrected chi connectivity index (χ3v) is 6.03. The Morgan fingerprint density at radius 1 is 0.780 bits per heavy atom. The van der Waals surface area contributed by atoms with Crippen LogP contribution in [-0.2, 0) is 22.4 Å². The van der Waals surface area contributed by atoms with Crippen LogP contribution in [0.25, 0.3) is 6.08 Å². The van der Waals surface area contributed by atoms with Gasteiger partial charge in [0.25, 0.3) is 0 Å². The van der Waals surface area contributed by atoms with E-state index < -0.39 is 10.8 Å². The fourth-order valence-electron chi connectivity index (χ4n) is 3.63. The standard InChI is InChI=1S/C35H44O6/c1-10-13-15-25-23-26(19-22-29(36)24-17-20-27(21-18-24)40-32(37)34(4,5)6)30(39-12-3)28(16-14-11-2)31(25)41-33(38)35(7,8)9/h10-11,13-14,17-23H,12,15-16H2,1-9H3. The van der Waals surface area contributed by atoms with E-state index in [-0.39, 0.29) is 17.7 Å². The van der Waals surface area contributed by atoms with E-state index in [2.05, 4.69) is 0 Å². The monoisotopic (exact) mass is 560 g/mol. The molecule has 0 fully saturated rings. The van der Waals surface area contributed by atoms with E-state index >= 15 is 0 Å². The fourth-order valence-corrected chi connectivity index (χ4v) is 3.63. The molecule has 0 amide bonds. The summed E-state index contributed by atoms with van der Waals surface area (Å²) in [5.74, 6) is 0.548. The third-order valence-electron chi connectivity index (χ3n) is 6.03. The Labute approximate surface area is 245 Å². The van der Waals surface area contributed by atoms with Gasteiger partial charge in [0, 0.05) is 16.7 Å². The number of allylic oxidation sites excluding steroid dienone is 5. The number of carbonyl (C=O) groups is 3. The number of hydrogen-bond donors (Lipinski definition) is 0. The number of ether oxygens (including phenoxy) is 3. The molecule has 0 N–H and O–H groups in total. The van der Waals surface area contributed by atoms with Crippen LogP contribution >= 0.6 is 0 Å². The molecule has 0 aliphatic heterocycles. The molecule has 41 heavy (non-hydrogen) atoms. The van der Waals surface area contributed by atoms with Crippen LogP contribution in [0, 0.1) is 10.8 Å². The summed E-state index contributed by atoms with van der Waals surface area (Å²) in [5, 5.41) is 0. The topological polar surface area (TPSA) is 78.9 Å². The maximum absolute atomic E-state index is 13.1. The summed E-state index contributed by atoms with van der Waals surface area (Å²) in [6.07, 6.45) is 12.1. The van der Waals surface area contributed by atoms with Crippen molar-refractivity contribution in [2.75, 3.05) is 6.61 Å². The van der Waals surface area contributed by atoms with E-state index in [0.717, 1.165) is 11.1 Å². The second-order valence-corrected chi connectivity index (χ2v) is 11.7. The lowest BCUT2D eigenvalue weighted by molar-refractivity contribution is -0.143. The molecule has 0 radical (unpaired) electrons. The molecule has 0 aromatic heterocycles. The summed E-state index contributed by atoms with van der Waals surface area (Å²) in [5.41, 5.74) is 1.42. The van der Waals surface area contributed by atoms with Crippen molar-refractivity contribution >= 4 is 23.8 Å². The predicted molar refractivity (Wildman–Crippen MR) is 165 cm³/mol. The van der Waals surface area contributed by atoms with Crippen LogP contribution in [0.15, 0.2) is 60.7 Å². The number of benzene rings is 2. The highest BCUT2D eigenvalue weighted by Crippen LogP contribution is 2.39. The summed E-state index contributed by atoms with van der Waals surface area (Å²) < 4.78 is 17.5. The van der Waals surface area contributed by atoms with Crippen molar-refractivity contribution in [3.63, 3.8) is 0 Å². The number of carbonyl (C=O) groups excluding carboxylic acids is 3. The van der Waals surface area contributed by atoms with Gasteiger partial charge in [0.1, 0.15) is 17.2 Å². The minimum Gasteiger partial charge on any atom is -0.493 e. The minimum atomic E-state index is -0.687. The zero-order valence-electron chi connectivity index (χ0n) is 25.9. The van der Waals surface area contributed by atoms with Gasteiger partial charge in [0.15, 0.2) is 5.78 Å². The molecule has 2 aromatic rings. The number of esters is 2. The van der Waals surface area contributed by atoms with E-state index in [1.54, 1.807) is 51.1 Å². The molecule has 6 nitrogen and oxygen atoms in total. The molecule has 0 spiro atoms. The molecular weight excluding hydrogens is 516 g/mol. The average molecular weight is 561 g/mol. The molecule has 0 atom stereocenters. The molecule has 0 aliphatic rings. The lowest BCUT2D eigenvalue weighted by Crippen LogP contribution is -2.26. The van der Waals surface area contributed by atoms with Crippen LogP contribution in [0.1, 0.15) is 89.4 Å². The number of rotatable bonds is 11. The smallest absolute Gasteiger partial charge is 0.316 e. The summed E-state index contributed by atoms with van der Waals surface area (Å²) in [6.45, 7) is 17.0. The van der Waals surface area contributed by atoms with Crippen LogP contribution in [0.5, 0.6) is 17.2 Å². The van der Waals surface area contributed by atoms with Crippen LogP contribution in [0.3, 0.4) is 0 Å². The van der Waals surface area contributed by atoms with Gasteiger partial charge in [-0.2, -0.15) is 0 Å². The normalized spacial score (nSPS) is 12.3. The summed E-state index contributed by atoms with van der Waals surface area (Å²) in [7, 11) is 0. The molecule has 0 bridgehead atoms. The van der Waals surface area contributed by atoms with Gasteiger partial charge in [0.2, 0.25) is 0 Å². The number of hydrogen-bond acceptors (Lipinski definition) is 6. The molecule has 0 unspecified atom stereocenters. The maximum Gasteiger partial charge on any atom is 0.316 e. The van der Waals surface area contributed by atoms with Gasteiger partial charge in [0.05, 0.1) is 17.4 Å². The molecule has 6 heteroatoms. The second-order valence-electron chi connectivity index (χ2n) is 11.7. The van der Waals surface area contributed by atoms with Crippen LogP contribution in [-0.4, -0.2) is 24.3 Å². The maximum atomic E-state index is 13.1. The Hall–Kier alpha value is -3.93. The quantitative estimate of drug-likeness (QED) is 0.0908. The highest BCUT2D eigenvalue weighted by atomic mass is 16.5. The first-order chi connectivity index (χ1) is 19.2. The molecule has 2 rings (SSSR count). The molecule has 220 valence electrons. The Morgan fingerprint density at radius 3 is 1.88 bits per heavy atom. The molecule has 0 saturated carbocycles. The zero-order valence-corrected chi connectivity index (χ0v) is 25.9. The zero-order chi connectivity index (χ0) is 30.8. The molecular formula is C35H44O6. The van der Waals surface area contributed by atoms with Crippen molar-refractivity contribution in [3.05, 3.63) is 83.0 Å². The van der Waals surface area contributed by atoms with Gasteiger partial charge in [-0.25, -0.2) is 0 Å². The molecule has 0 saturated heterocycles. The summed E-state index contributed by atoms with van der Waals surface area (Å²) in [4.78, 5) is 38.2. The van der Waals surface area contributed by atoms with Crippen LogP contribution in [0.2, 0.25) is 0 Å². The first-order valence-corrected chi connectivity index (χ1v) is 14.0. The van der Waals surface area contributed by atoms with Crippen molar-refractivity contribution in [1.82, 2.24) is 0 Å². The largest absolute Gasteiger partial charge is 0.493 e. The minimum absolute atomic E-state index is 0.214. The first kappa shape index (κ1) is 33.3. The first-order valence-electron chi connectivity index (χ1n) is 14.0. The lowest BCUT2D eigenvalue weighted by atomic mass is 9.95. The SMILES string of the molecule is CC=CCc1cc(C=CC(=O)c2ccc(OC(=O)C(C)(C)C)cc2)c(OCC)c(CC=CC)c1OC(=O)C(C)(C)C. The van der Waals surface area contributed by atoms with E-state index in [1.807, 2.05) is 71.9 Å². The molecule has 0 heterocycles. The van der Waals surface area contributed by atoms with E-state index in [4.69, 9.17) is 14.2 Å². The van der Waals surface area contributed by atoms with Gasteiger partial charge in [-0.1, -0.05) is 24.3 Å². The van der Waals surface area contributed by atoms with Crippen molar-refractivity contribution < 1.29 is 28.6 Å². The lowest BCUT2D eigenvalue weighted by Gasteiger charge is -2.23. The van der Waals surface area contributed by atoms with Crippen molar-refractivity contribution in [2.45, 2.75) is 75.2 Å². The fraction of sp³-hybridized carbons (Fsp3) is 0.400. The Bertz CT molecular complexity index is 1310. The van der Waals surface area contributed by atoms with Crippen molar-refractivity contribution in [3.8, 4) is 17.2 Å². The van der Waals surface area contributed by atoms with Crippen molar-refractivity contribution in [2.24, 2.45) is 10.8 Å². The Kier molecular flexibility index (Phi) is 11.9. The predicted octanol–water partition coefficient (Wildman–Crippen LogP) is 8.12. The van der Waals surface area contributed by atoms with Crippen LogP contribution in [0.4, 0.5) is 0 Å². The summed E-state index contributed by atoms with van der Waals surface area (Å²) in [6, 6.07) is 8.39. The Balaban J connectivity index is 2.55. The summed E-state index contributed by atoms with van der Waals surface area (Å²) >= 11 is 0. The van der Waals surface area contributed by atoms with Gasteiger partial charge in [-0.05, 0) is 123 Å². The third kappa shape index (κ3) is 9.59. The van der Waals surface area contributed by atoms with Gasteiger partial charge < -0.3 is 14.2 Å². The van der Waals surface area contributed by atoms with E-state index in [1.165, 1.54) is 6.08 Å². The van der Waals surface area contributed by atoms with Gasteiger partial charge >= 0.3 is 11.9 Å². The van der Waals surface area contributed by atoms with Gasteiger partial charge in [-0.15, -0.1) is 0 Å². The van der Waals surface area contributed by atoms with Crippen molar-refractivity contribution in [1.29, 1.82) is 0 Å². The highest BCUT2D eigenvalue weighted by molar-refractivity contribution is 6.07. The molecule has 2 aromatic carbocycles. The Morgan fingerprint density at radius 2 is 1.34 bits per heavy atom. The van der Waals surface area contributed by atoms with Gasteiger partial charge in [-0.3, -0.25) is 14.4 Å². The number of ketones is 1. The highest BCUT2D eigenvalue weighted by Gasteiger charge is 2.28.